The van der Waals surface area contributed by atoms with Gasteiger partial charge in [-0.3, -0.25) is 0 Å². The molecule has 0 fully saturated rings. The molecule has 1 rings (SSSR count). The van der Waals surface area contributed by atoms with Crippen molar-refractivity contribution in [1.82, 2.24) is 0 Å². The lowest BCUT2D eigenvalue weighted by atomic mass is 10.1. The van der Waals surface area contributed by atoms with Gasteiger partial charge in [0.2, 0.25) is 0 Å². The Labute approximate surface area is 121 Å². The standard InChI is InChI=1S/C11H9Cl2F5O2/c1-19-7-3-5(6(12)4-8(7)20-2)9(13)10(14,15)11(16,17)18/h3-4,9H,1-2H3. The van der Waals surface area contributed by atoms with E-state index in [-0.39, 0.29) is 16.5 Å². The maximum absolute atomic E-state index is 13.2. The van der Waals surface area contributed by atoms with Crippen LogP contribution in [-0.4, -0.2) is 26.3 Å². The van der Waals surface area contributed by atoms with Gasteiger partial charge in [-0.15, -0.1) is 11.6 Å². The Balaban J connectivity index is 3.33. The van der Waals surface area contributed by atoms with Gasteiger partial charge in [-0.05, 0) is 11.6 Å². The van der Waals surface area contributed by atoms with Crippen LogP contribution < -0.4 is 9.47 Å². The Hall–Kier alpha value is -0.950. The first-order valence-corrected chi connectivity index (χ1v) is 5.87. The molecule has 0 N–H and O–H groups in total. The summed E-state index contributed by atoms with van der Waals surface area (Å²) in [5, 5.41) is -3.07. The van der Waals surface area contributed by atoms with E-state index in [0.717, 1.165) is 12.1 Å². The van der Waals surface area contributed by atoms with Gasteiger partial charge in [0.1, 0.15) is 5.38 Å². The maximum Gasteiger partial charge on any atom is 0.455 e. The van der Waals surface area contributed by atoms with Gasteiger partial charge in [0, 0.05) is 11.1 Å². The first kappa shape index (κ1) is 17.1. The van der Waals surface area contributed by atoms with Crippen LogP contribution in [0.2, 0.25) is 5.02 Å². The minimum Gasteiger partial charge on any atom is -0.493 e. The highest BCUT2D eigenvalue weighted by atomic mass is 35.5. The third-order valence-electron chi connectivity index (χ3n) is 2.47. The molecule has 0 heterocycles. The second-order valence-electron chi connectivity index (χ2n) is 3.71. The Morgan fingerprint density at radius 2 is 1.45 bits per heavy atom. The lowest BCUT2D eigenvalue weighted by Crippen LogP contribution is -2.40. The molecule has 0 aliphatic rings. The topological polar surface area (TPSA) is 18.5 Å². The number of ether oxygens (including phenoxy) is 2. The van der Waals surface area contributed by atoms with Crippen molar-refractivity contribution in [3.63, 3.8) is 0 Å². The van der Waals surface area contributed by atoms with E-state index < -0.39 is 23.0 Å². The third-order valence-corrected chi connectivity index (χ3v) is 3.31. The number of hydrogen-bond donors (Lipinski definition) is 0. The fourth-order valence-electron chi connectivity index (χ4n) is 1.40. The van der Waals surface area contributed by atoms with E-state index in [9.17, 15) is 22.0 Å². The minimum absolute atomic E-state index is 0.0597. The summed E-state index contributed by atoms with van der Waals surface area (Å²) < 4.78 is 73.0. The Bertz CT molecular complexity index is 490. The van der Waals surface area contributed by atoms with Crippen molar-refractivity contribution in [2.75, 3.05) is 14.2 Å². The molecule has 1 atom stereocenters. The second-order valence-corrected chi connectivity index (χ2v) is 4.56. The van der Waals surface area contributed by atoms with Crippen molar-refractivity contribution in [3.8, 4) is 11.5 Å². The summed E-state index contributed by atoms with van der Waals surface area (Å²) in [6.45, 7) is 0. The molecule has 9 heteroatoms. The van der Waals surface area contributed by atoms with Gasteiger partial charge >= 0.3 is 12.1 Å². The molecule has 0 bridgehead atoms. The number of hydrogen-bond acceptors (Lipinski definition) is 2. The van der Waals surface area contributed by atoms with Crippen LogP contribution in [0.15, 0.2) is 12.1 Å². The molecule has 0 aromatic heterocycles. The zero-order valence-corrected chi connectivity index (χ0v) is 11.7. The molecule has 2 nitrogen and oxygen atoms in total. The molecule has 1 aromatic rings. The van der Waals surface area contributed by atoms with Crippen LogP contribution in [0.3, 0.4) is 0 Å². The number of halogens is 7. The van der Waals surface area contributed by atoms with Gasteiger partial charge < -0.3 is 9.47 Å². The lowest BCUT2D eigenvalue weighted by molar-refractivity contribution is -0.283. The van der Waals surface area contributed by atoms with E-state index in [1.165, 1.54) is 14.2 Å². The summed E-state index contributed by atoms with van der Waals surface area (Å²) in [5.41, 5.74) is -0.603. The van der Waals surface area contributed by atoms with E-state index in [0.29, 0.717) is 0 Å². The van der Waals surface area contributed by atoms with Crippen molar-refractivity contribution in [1.29, 1.82) is 0 Å². The quantitative estimate of drug-likeness (QED) is 0.578. The SMILES string of the molecule is COc1cc(Cl)c(C(Cl)C(F)(F)C(F)(F)F)cc1OC. The smallest absolute Gasteiger partial charge is 0.455 e. The zero-order valence-electron chi connectivity index (χ0n) is 10.2. The molecule has 0 radical (unpaired) electrons. The average Bonchev–Trinajstić information content (AvgIpc) is 2.36. The van der Waals surface area contributed by atoms with Crippen LogP contribution in [0.1, 0.15) is 10.9 Å². The molecular weight excluding hydrogens is 330 g/mol. The van der Waals surface area contributed by atoms with E-state index in [1.807, 2.05) is 0 Å². The number of methoxy groups -OCH3 is 2. The van der Waals surface area contributed by atoms with Crippen molar-refractivity contribution in [2.24, 2.45) is 0 Å². The highest BCUT2D eigenvalue weighted by Gasteiger charge is 2.62. The van der Waals surface area contributed by atoms with E-state index in [4.69, 9.17) is 32.7 Å². The van der Waals surface area contributed by atoms with Crippen molar-refractivity contribution in [2.45, 2.75) is 17.5 Å². The van der Waals surface area contributed by atoms with Crippen LogP contribution in [0.4, 0.5) is 22.0 Å². The van der Waals surface area contributed by atoms with Gasteiger partial charge in [0.25, 0.3) is 0 Å². The molecule has 0 aliphatic carbocycles. The predicted octanol–water partition coefficient (Wildman–Crippen LogP) is 4.83. The minimum atomic E-state index is -5.80. The Morgan fingerprint density at radius 3 is 1.85 bits per heavy atom. The van der Waals surface area contributed by atoms with Crippen LogP contribution in [0, 0.1) is 0 Å². The fraction of sp³-hybridized carbons (Fsp3) is 0.455. The molecule has 0 saturated heterocycles. The summed E-state index contributed by atoms with van der Waals surface area (Å²) in [6.07, 6.45) is -5.80. The Kier molecular flexibility index (Phi) is 4.97. The Morgan fingerprint density at radius 1 is 1.00 bits per heavy atom. The van der Waals surface area contributed by atoms with Gasteiger partial charge in [0.05, 0.1) is 14.2 Å². The highest BCUT2D eigenvalue weighted by molar-refractivity contribution is 6.33. The zero-order chi connectivity index (χ0) is 15.7. The summed E-state index contributed by atoms with van der Waals surface area (Å²) in [7, 11) is 2.46. The molecule has 0 amide bonds. The van der Waals surface area contributed by atoms with E-state index in [2.05, 4.69) is 0 Å². The molecule has 0 saturated carbocycles. The first-order valence-electron chi connectivity index (χ1n) is 5.06. The largest absolute Gasteiger partial charge is 0.493 e. The molecule has 1 aromatic carbocycles. The van der Waals surface area contributed by atoms with Gasteiger partial charge in [0.15, 0.2) is 11.5 Å². The lowest BCUT2D eigenvalue weighted by Gasteiger charge is -2.25. The summed E-state index contributed by atoms with van der Waals surface area (Å²) in [4.78, 5) is 0. The van der Waals surface area contributed by atoms with Crippen LogP contribution >= 0.6 is 23.2 Å². The summed E-state index contributed by atoms with van der Waals surface area (Å²) in [6, 6.07) is 1.94. The molecule has 0 spiro atoms. The summed E-state index contributed by atoms with van der Waals surface area (Å²) in [5.74, 6) is -5.12. The molecule has 1 unspecified atom stereocenters. The first-order chi connectivity index (χ1) is 9.06. The second kappa shape index (κ2) is 5.81. The van der Waals surface area contributed by atoms with Crippen LogP contribution in [0.25, 0.3) is 0 Å². The van der Waals surface area contributed by atoms with Crippen molar-refractivity contribution < 1.29 is 31.4 Å². The van der Waals surface area contributed by atoms with Crippen LogP contribution in [0.5, 0.6) is 11.5 Å². The predicted molar refractivity (Wildman–Crippen MR) is 64.2 cm³/mol. The average molecular weight is 339 g/mol. The normalized spacial score (nSPS) is 14.1. The van der Waals surface area contributed by atoms with Crippen LogP contribution in [-0.2, 0) is 0 Å². The molecule has 114 valence electrons. The monoisotopic (exact) mass is 338 g/mol. The molecule has 20 heavy (non-hydrogen) atoms. The summed E-state index contributed by atoms with van der Waals surface area (Å²) >= 11 is 10.9. The van der Waals surface area contributed by atoms with Gasteiger partial charge in [-0.2, -0.15) is 22.0 Å². The van der Waals surface area contributed by atoms with Gasteiger partial charge in [-0.25, -0.2) is 0 Å². The molecular formula is C11H9Cl2F5O2. The van der Waals surface area contributed by atoms with Crippen molar-refractivity contribution in [3.05, 3.63) is 22.7 Å². The third kappa shape index (κ3) is 3.03. The van der Waals surface area contributed by atoms with E-state index in [1.54, 1.807) is 0 Å². The number of rotatable bonds is 4. The van der Waals surface area contributed by atoms with Crippen molar-refractivity contribution >= 4 is 23.2 Å². The van der Waals surface area contributed by atoms with Gasteiger partial charge in [-0.1, -0.05) is 11.6 Å². The highest BCUT2D eigenvalue weighted by Crippen LogP contribution is 2.50. The maximum atomic E-state index is 13.2. The fourth-order valence-corrected chi connectivity index (χ4v) is 2.03. The number of benzene rings is 1. The van der Waals surface area contributed by atoms with E-state index >= 15 is 0 Å². The molecule has 0 aliphatic heterocycles. The number of alkyl halides is 6.